The van der Waals surface area contributed by atoms with Crippen LogP contribution in [0.2, 0.25) is 0 Å². The third kappa shape index (κ3) is 4.17. The average Bonchev–Trinajstić information content (AvgIpc) is 2.25. The van der Waals surface area contributed by atoms with Gasteiger partial charge >= 0.3 is 0 Å². The summed E-state index contributed by atoms with van der Waals surface area (Å²) >= 11 is 0. The molecule has 0 saturated heterocycles. The molecule has 1 atom stereocenters. The highest BCUT2D eigenvalue weighted by molar-refractivity contribution is 4.96. The highest BCUT2D eigenvalue weighted by atomic mass is 16.3. The normalized spacial score (nSPS) is 15.0. The first-order valence-corrected chi connectivity index (χ1v) is 6.05. The summed E-state index contributed by atoms with van der Waals surface area (Å²) in [7, 11) is 0. The Bertz CT molecular complexity index is 202. The zero-order valence-electron chi connectivity index (χ0n) is 10.5. The van der Waals surface area contributed by atoms with Crippen LogP contribution in [0, 0.1) is 5.41 Å². The van der Waals surface area contributed by atoms with Gasteiger partial charge in [0.05, 0.1) is 24.7 Å². The van der Waals surface area contributed by atoms with E-state index in [4.69, 9.17) is 11.5 Å². The van der Waals surface area contributed by atoms with Gasteiger partial charge in [-0.2, -0.15) is 0 Å². The highest BCUT2D eigenvalue weighted by Crippen LogP contribution is 2.31. The Labute approximate surface area is 102 Å². The Morgan fingerprint density at radius 2 is 1.59 bits per heavy atom. The van der Waals surface area contributed by atoms with Crippen molar-refractivity contribution in [3.05, 3.63) is 0 Å². The minimum atomic E-state index is -2.32. The Morgan fingerprint density at radius 1 is 1.06 bits per heavy atom. The van der Waals surface area contributed by atoms with Crippen LogP contribution in [0.4, 0.5) is 0 Å². The molecule has 6 heteroatoms. The molecular weight excluding hydrogens is 224 g/mol. The minimum Gasteiger partial charge on any atom is -0.395 e. The Morgan fingerprint density at radius 3 is 1.94 bits per heavy atom. The predicted octanol–water partition coefficient (Wildman–Crippen LogP) is -1.15. The maximum Gasteiger partial charge on any atom is 0.179 e. The molecular formula is C11H26N2O4. The summed E-state index contributed by atoms with van der Waals surface area (Å²) in [4.78, 5) is 0. The second kappa shape index (κ2) is 7.25. The van der Waals surface area contributed by atoms with Crippen molar-refractivity contribution in [2.75, 3.05) is 13.2 Å². The molecule has 0 rings (SSSR count). The smallest absolute Gasteiger partial charge is 0.179 e. The quantitative estimate of drug-likeness (QED) is 0.226. The molecule has 0 amide bonds. The van der Waals surface area contributed by atoms with Gasteiger partial charge in [0.25, 0.3) is 0 Å². The third-order valence-corrected chi connectivity index (χ3v) is 3.33. The van der Waals surface area contributed by atoms with Crippen LogP contribution in [-0.2, 0) is 0 Å². The Balaban J connectivity index is 4.50. The number of unbranched alkanes of at least 4 members (excludes halogenated alkanes) is 3. The van der Waals surface area contributed by atoms with Crippen molar-refractivity contribution < 1.29 is 20.4 Å². The van der Waals surface area contributed by atoms with E-state index in [0.717, 1.165) is 25.7 Å². The lowest BCUT2D eigenvalue weighted by molar-refractivity contribution is -0.181. The summed E-state index contributed by atoms with van der Waals surface area (Å²) in [6, 6.07) is 0. The van der Waals surface area contributed by atoms with Crippen LogP contribution in [-0.4, -0.2) is 45.6 Å². The van der Waals surface area contributed by atoms with E-state index < -0.39 is 30.6 Å². The molecule has 0 saturated carbocycles. The molecule has 0 spiro atoms. The summed E-state index contributed by atoms with van der Waals surface area (Å²) in [6.45, 7) is 0.713. The van der Waals surface area contributed by atoms with Gasteiger partial charge in [-0.25, -0.2) is 0 Å². The zero-order chi connectivity index (χ0) is 13.5. The van der Waals surface area contributed by atoms with Crippen LogP contribution in [0.1, 0.15) is 39.0 Å². The standard InChI is InChI=1S/C11H26N2O4/c1-2-3-4-5-6-9(16)10(7-14,8-15)11(12,13)17/h9,14-17H,2-8,12-13H2,1H3. The first-order chi connectivity index (χ1) is 7.85. The second-order valence-corrected chi connectivity index (χ2v) is 4.66. The molecule has 6 nitrogen and oxygen atoms in total. The fourth-order valence-corrected chi connectivity index (χ4v) is 1.82. The summed E-state index contributed by atoms with van der Waals surface area (Å²) < 4.78 is 0. The van der Waals surface area contributed by atoms with Crippen molar-refractivity contribution in [2.24, 2.45) is 16.9 Å². The molecule has 0 aromatic rings. The lowest BCUT2D eigenvalue weighted by Crippen LogP contribution is -2.69. The molecule has 0 aliphatic rings. The molecule has 0 aromatic carbocycles. The topological polar surface area (TPSA) is 133 Å². The van der Waals surface area contributed by atoms with E-state index >= 15 is 0 Å². The second-order valence-electron chi connectivity index (χ2n) is 4.66. The number of aliphatic hydroxyl groups excluding tert-OH is 3. The van der Waals surface area contributed by atoms with E-state index in [0.29, 0.717) is 6.42 Å². The molecule has 0 aliphatic heterocycles. The van der Waals surface area contributed by atoms with E-state index in [9.17, 15) is 20.4 Å². The molecule has 104 valence electrons. The maximum atomic E-state index is 9.95. The lowest BCUT2D eigenvalue weighted by atomic mass is 9.76. The van der Waals surface area contributed by atoms with Gasteiger partial charge in [-0.05, 0) is 6.42 Å². The van der Waals surface area contributed by atoms with Crippen molar-refractivity contribution in [3.63, 3.8) is 0 Å². The summed E-state index contributed by atoms with van der Waals surface area (Å²) in [6.07, 6.45) is 2.97. The molecule has 17 heavy (non-hydrogen) atoms. The summed E-state index contributed by atoms with van der Waals surface area (Å²) in [5, 5.41) is 38.0. The van der Waals surface area contributed by atoms with Gasteiger partial charge in [0, 0.05) is 0 Å². The van der Waals surface area contributed by atoms with Gasteiger partial charge in [0.1, 0.15) is 0 Å². The highest BCUT2D eigenvalue weighted by Gasteiger charge is 2.50. The van der Waals surface area contributed by atoms with Crippen molar-refractivity contribution in [1.82, 2.24) is 0 Å². The Hall–Kier alpha value is -0.240. The van der Waals surface area contributed by atoms with Crippen LogP contribution in [0.3, 0.4) is 0 Å². The van der Waals surface area contributed by atoms with E-state index in [2.05, 4.69) is 6.92 Å². The first-order valence-electron chi connectivity index (χ1n) is 6.05. The van der Waals surface area contributed by atoms with E-state index in [1.165, 1.54) is 0 Å². The van der Waals surface area contributed by atoms with Crippen LogP contribution in [0.15, 0.2) is 0 Å². The van der Waals surface area contributed by atoms with Crippen molar-refractivity contribution in [3.8, 4) is 0 Å². The molecule has 0 fully saturated rings. The largest absolute Gasteiger partial charge is 0.395 e. The van der Waals surface area contributed by atoms with Crippen molar-refractivity contribution >= 4 is 0 Å². The van der Waals surface area contributed by atoms with Crippen molar-refractivity contribution in [2.45, 2.75) is 51.0 Å². The SMILES string of the molecule is CCCCCCC(O)C(CO)(CO)C(N)(N)O. The van der Waals surface area contributed by atoms with Gasteiger partial charge in [-0.1, -0.05) is 32.6 Å². The number of aliphatic hydroxyl groups is 4. The van der Waals surface area contributed by atoms with E-state index in [1.807, 2.05) is 0 Å². The molecule has 0 radical (unpaired) electrons. The number of hydrogen-bond acceptors (Lipinski definition) is 6. The summed E-state index contributed by atoms with van der Waals surface area (Å²) in [5.41, 5.74) is 8.95. The first kappa shape index (κ1) is 16.8. The van der Waals surface area contributed by atoms with Crippen LogP contribution < -0.4 is 11.5 Å². The summed E-state index contributed by atoms with van der Waals surface area (Å²) in [5.74, 6) is -2.32. The Kier molecular flexibility index (Phi) is 7.15. The molecule has 1 unspecified atom stereocenters. The van der Waals surface area contributed by atoms with Gasteiger partial charge in [0.2, 0.25) is 0 Å². The van der Waals surface area contributed by atoms with Gasteiger partial charge in [-0.3, -0.25) is 11.5 Å². The van der Waals surface area contributed by atoms with Crippen LogP contribution in [0.25, 0.3) is 0 Å². The van der Waals surface area contributed by atoms with Crippen LogP contribution in [0.5, 0.6) is 0 Å². The van der Waals surface area contributed by atoms with Crippen LogP contribution >= 0.6 is 0 Å². The molecule has 0 heterocycles. The number of rotatable bonds is 9. The van der Waals surface area contributed by atoms with Gasteiger partial charge in [0.15, 0.2) is 5.85 Å². The number of hydrogen-bond donors (Lipinski definition) is 6. The predicted molar refractivity (Wildman–Crippen MR) is 64.7 cm³/mol. The molecule has 0 bridgehead atoms. The fraction of sp³-hybridized carbons (Fsp3) is 1.00. The monoisotopic (exact) mass is 250 g/mol. The van der Waals surface area contributed by atoms with Crippen molar-refractivity contribution in [1.29, 1.82) is 0 Å². The third-order valence-electron chi connectivity index (χ3n) is 3.33. The fourth-order valence-electron chi connectivity index (χ4n) is 1.82. The minimum absolute atomic E-state index is 0.331. The van der Waals surface area contributed by atoms with E-state index in [1.54, 1.807) is 0 Å². The van der Waals surface area contributed by atoms with Gasteiger partial charge in [-0.15, -0.1) is 0 Å². The van der Waals surface area contributed by atoms with E-state index in [-0.39, 0.29) is 0 Å². The lowest BCUT2D eigenvalue weighted by Gasteiger charge is -2.43. The van der Waals surface area contributed by atoms with Gasteiger partial charge < -0.3 is 20.4 Å². The molecule has 0 aromatic heterocycles. The molecule has 8 N–H and O–H groups in total. The average molecular weight is 250 g/mol. The molecule has 0 aliphatic carbocycles. The zero-order valence-corrected chi connectivity index (χ0v) is 10.5. The maximum absolute atomic E-state index is 9.95. The number of nitrogens with two attached hydrogens (primary N) is 2.